The number of carbonyl (C=O) groups excluding carboxylic acids is 1. The molecular formula is C29H33N3O5S. The largest absolute Gasteiger partial charge is 0.493 e. The van der Waals surface area contributed by atoms with Crippen LogP contribution in [-0.4, -0.2) is 62.5 Å². The molecule has 1 spiro atoms. The van der Waals surface area contributed by atoms with Crippen molar-refractivity contribution >= 4 is 15.9 Å². The Morgan fingerprint density at radius 3 is 2.08 bits per heavy atom. The van der Waals surface area contributed by atoms with Crippen LogP contribution < -0.4 is 14.8 Å². The Balaban J connectivity index is 1.38. The van der Waals surface area contributed by atoms with Crippen LogP contribution in [0, 0.1) is 0 Å². The van der Waals surface area contributed by atoms with Gasteiger partial charge in [-0.1, -0.05) is 60.7 Å². The minimum atomic E-state index is -3.75. The number of benzene rings is 3. The van der Waals surface area contributed by atoms with E-state index >= 15 is 0 Å². The first-order valence-electron chi connectivity index (χ1n) is 12.8. The monoisotopic (exact) mass is 535 g/mol. The molecular weight excluding hydrogens is 502 g/mol. The number of carbonyl (C=O) groups is 1. The van der Waals surface area contributed by atoms with Crippen molar-refractivity contribution in [2.75, 3.05) is 27.3 Å². The minimum Gasteiger partial charge on any atom is -0.493 e. The first-order valence-corrected chi connectivity index (χ1v) is 14.2. The number of methoxy groups -OCH3 is 2. The van der Waals surface area contributed by atoms with E-state index in [9.17, 15) is 13.2 Å². The smallest absolute Gasteiger partial charge is 0.243 e. The standard InChI is InChI=1S/C29H33N3O5S/c1-36-26-14-13-24(20-27(26)37-2)38(34,35)31-17-15-29(16-18-31)30-25(19-22-9-5-3-6-10-22)28(33)32(29)21-23-11-7-4-8-12-23/h3-14,20,25,30H,15-19,21H2,1-2H3. The molecule has 8 nitrogen and oxygen atoms in total. The maximum atomic E-state index is 13.7. The molecule has 1 amide bonds. The third-order valence-electron chi connectivity index (χ3n) is 7.53. The topological polar surface area (TPSA) is 88.2 Å². The third kappa shape index (κ3) is 5.01. The van der Waals surface area contributed by atoms with Crippen molar-refractivity contribution in [2.45, 2.75) is 42.4 Å². The molecule has 2 saturated heterocycles. The zero-order valence-electron chi connectivity index (χ0n) is 21.7. The van der Waals surface area contributed by atoms with Crippen molar-refractivity contribution in [2.24, 2.45) is 0 Å². The number of nitrogens with zero attached hydrogens (tertiary/aromatic N) is 2. The van der Waals surface area contributed by atoms with E-state index in [2.05, 4.69) is 5.32 Å². The van der Waals surface area contributed by atoms with Crippen LogP contribution >= 0.6 is 0 Å². The van der Waals surface area contributed by atoms with Crippen molar-refractivity contribution in [3.05, 3.63) is 90.0 Å². The summed E-state index contributed by atoms with van der Waals surface area (Å²) in [5, 5.41) is 3.64. The van der Waals surface area contributed by atoms with Crippen molar-refractivity contribution in [1.82, 2.24) is 14.5 Å². The fraction of sp³-hybridized carbons (Fsp3) is 0.345. The van der Waals surface area contributed by atoms with E-state index in [1.54, 1.807) is 6.07 Å². The highest BCUT2D eigenvalue weighted by Gasteiger charge is 2.52. The highest BCUT2D eigenvalue weighted by Crippen LogP contribution is 2.37. The van der Waals surface area contributed by atoms with E-state index in [1.807, 2.05) is 65.6 Å². The van der Waals surface area contributed by atoms with Crippen LogP contribution in [0.1, 0.15) is 24.0 Å². The van der Waals surface area contributed by atoms with Crippen molar-refractivity contribution in [3.63, 3.8) is 0 Å². The minimum absolute atomic E-state index is 0.0499. The summed E-state index contributed by atoms with van der Waals surface area (Å²) in [6, 6.07) is 24.2. The normalized spacial score (nSPS) is 19.6. The molecule has 0 aromatic heterocycles. The second kappa shape index (κ2) is 10.8. The van der Waals surface area contributed by atoms with Crippen LogP contribution in [0.2, 0.25) is 0 Å². The average Bonchev–Trinajstić information content (AvgIpc) is 3.19. The summed E-state index contributed by atoms with van der Waals surface area (Å²) >= 11 is 0. The van der Waals surface area contributed by atoms with Gasteiger partial charge in [0.15, 0.2) is 11.5 Å². The van der Waals surface area contributed by atoms with Gasteiger partial charge < -0.3 is 14.4 Å². The Hall–Kier alpha value is -3.40. The predicted molar refractivity (Wildman–Crippen MR) is 144 cm³/mol. The first-order chi connectivity index (χ1) is 18.4. The van der Waals surface area contributed by atoms with Gasteiger partial charge in [0.1, 0.15) is 0 Å². The number of rotatable bonds is 8. The van der Waals surface area contributed by atoms with Crippen LogP contribution in [-0.2, 0) is 27.8 Å². The molecule has 1 atom stereocenters. The van der Waals surface area contributed by atoms with Gasteiger partial charge in [-0.25, -0.2) is 8.42 Å². The molecule has 38 heavy (non-hydrogen) atoms. The number of amides is 1. The number of sulfonamides is 1. The van der Waals surface area contributed by atoms with Crippen molar-refractivity contribution in [1.29, 1.82) is 0 Å². The SMILES string of the molecule is COc1ccc(S(=O)(=O)N2CCC3(CC2)NC(Cc2ccccc2)C(=O)N3Cc2ccccc2)cc1OC. The van der Waals surface area contributed by atoms with Crippen LogP contribution in [0.5, 0.6) is 11.5 Å². The Labute approximate surface area is 224 Å². The Morgan fingerprint density at radius 2 is 1.47 bits per heavy atom. The van der Waals surface area contributed by atoms with Gasteiger partial charge in [0.05, 0.1) is 30.8 Å². The molecule has 2 aliphatic rings. The van der Waals surface area contributed by atoms with E-state index < -0.39 is 15.7 Å². The van der Waals surface area contributed by atoms with Gasteiger partial charge in [-0.05, 0) is 42.5 Å². The molecule has 9 heteroatoms. The van der Waals surface area contributed by atoms with Crippen LogP contribution in [0.4, 0.5) is 0 Å². The third-order valence-corrected chi connectivity index (χ3v) is 9.43. The predicted octanol–water partition coefficient (Wildman–Crippen LogP) is 3.43. The van der Waals surface area contributed by atoms with E-state index in [0.29, 0.717) is 50.4 Å². The van der Waals surface area contributed by atoms with Gasteiger partial charge in [-0.2, -0.15) is 4.31 Å². The summed E-state index contributed by atoms with van der Waals surface area (Å²) in [5.41, 5.74) is 1.52. The lowest BCUT2D eigenvalue weighted by molar-refractivity contribution is -0.134. The second-order valence-corrected chi connectivity index (χ2v) is 11.7. The highest BCUT2D eigenvalue weighted by molar-refractivity contribution is 7.89. The molecule has 2 fully saturated rings. The lowest BCUT2D eigenvalue weighted by atomic mass is 9.96. The fourth-order valence-electron chi connectivity index (χ4n) is 5.48. The summed E-state index contributed by atoms with van der Waals surface area (Å²) in [4.78, 5) is 15.8. The molecule has 1 N–H and O–H groups in total. The molecule has 5 rings (SSSR count). The number of nitrogens with one attached hydrogen (secondary N) is 1. The number of ether oxygens (including phenoxy) is 2. The van der Waals surface area contributed by atoms with Crippen LogP contribution in [0.15, 0.2) is 83.8 Å². The highest BCUT2D eigenvalue weighted by atomic mass is 32.2. The molecule has 2 heterocycles. The zero-order valence-corrected chi connectivity index (χ0v) is 22.5. The van der Waals surface area contributed by atoms with E-state index in [1.165, 1.54) is 30.7 Å². The summed E-state index contributed by atoms with van der Waals surface area (Å²) in [6.45, 7) is 1.06. The van der Waals surface area contributed by atoms with Crippen molar-refractivity contribution < 1.29 is 22.7 Å². The summed E-state index contributed by atoms with van der Waals surface area (Å²) in [6.07, 6.45) is 1.56. The Morgan fingerprint density at radius 1 is 0.868 bits per heavy atom. The van der Waals surface area contributed by atoms with Gasteiger partial charge in [0, 0.05) is 25.7 Å². The van der Waals surface area contributed by atoms with E-state index in [0.717, 1.165) is 11.1 Å². The van der Waals surface area contributed by atoms with E-state index in [-0.39, 0.29) is 16.8 Å². The molecule has 2 aliphatic heterocycles. The quantitative estimate of drug-likeness (QED) is 0.476. The molecule has 0 radical (unpaired) electrons. The molecule has 0 aliphatic carbocycles. The molecule has 1 unspecified atom stereocenters. The lowest BCUT2D eigenvalue weighted by Gasteiger charge is -2.44. The molecule has 200 valence electrons. The fourth-order valence-corrected chi connectivity index (χ4v) is 6.94. The Kier molecular flexibility index (Phi) is 7.43. The van der Waals surface area contributed by atoms with Gasteiger partial charge >= 0.3 is 0 Å². The van der Waals surface area contributed by atoms with E-state index in [4.69, 9.17) is 9.47 Å². The summed E-state index contributed by atoms with van der Waals surface area (Å²) < 4.78 is 39.1. The first kappa shape index (κ1) is 26.2. The van der Waals surface area contributed by atoms with Gasteiger partial charge in [-0.3, -0.25) is 10.1 Å². The van der Waals surface area contributed by atoms with Crippen LogP contribution in [0.25, 0.3) is 0 Å². The molecule has 0 bridgehead atoms. The number of hydrogen-bond donors (Lipinski definition) is 1. The zero-order chi connectivity index (χ0) is 26.8. The maximum Gasteiger partial charge on any atom is 0.243 e. The van der Waals surface area contributed by atoms with Crippen LogP contribution in [0.3, 0.4) is 0 Å². The summed E-state index contributed by atoms with van der Waals surface area (Å²) in [5.74, 6) is 0.885. The summed E-state index contributed by atoms with van der Waals surface area (Å²) in [7, 11) is -0.758. The van der Waals surface area contributed by atoms with Crippen molar-refractivity contribution in [3.8, 4) is 11.5 Å². The lowest BCUT2D eigenvalue weighted by Crippen LogP contribution is -2.59. The molecule has 3 aromatic rings. The Bertz CT molecular complexity index is 1370. The number of piperidine rings is 1. The van der Waals surface area contributed by atoms with Gasteiger partial charge in [-0.15, -0.1) is 0 Å². The maximum absolute atomic E-state index is 13.7. The number of hydrogen-bond acceptors (Lipinski definition) is 6. The van der Waals surface area contributed by atoms with Gasteiger partial charge in [0.2, 0.25) is 15.9 Å². The second-order valence-electron chi connectivity index (χ2n) is 9.75. The molecule has 3 aromatic carbocycles. The molecule has 0 saturated carbocycles. The average molecular weight is 536 g/mol. The van der Waals surface area contributed by atoms with Gasteiger partial charge in [0.25, 0.3) is 0 Å².